The maximum atomic E-state index is 4.39. The molecule has 0 aliphatic carbocycles. The molecular weight excluding hydrogens is 419 g/mol. The fraction of sp³-hybridized carbons (Fsp3) is 0.471. The number of nitrogens with one attached hydrogen (secondary N) is 1. The molecule has 1 atom stereocenters. The van der Waals surface area contributed by atoms with Crippen molar-refractivity contribution < 1.29 is 0 Å². The number of halogens is 1. The van der Waals surface area contributed by atoms with Gasteiger partial charge in [-0.25, -0.2) is 0 Å². The largest absolute Gasteiger partial charge is 0.356 e. The minimum absolute atomic E-state index is 0. The van der Waals surface area contributed by atoms with Crippen LogP contribution < -0.4 is 5.32 Å². The molecule has 0 saturated heterocycles. The van der Waals surface area contributed by atoms with E-state index < -0.39 is 0 Å². The zero-order chi connectivity index (χ0) is 15.9. The zero-order valence-electron chi connectivity index (χ0n) is 14.3. The van der Waals surface area contributed by atoms with Crippen LogP contribution in [0.4, 0.5) is 0 Å². The van der Waals surface area contributed by atoms with Crippen molar-refractivity contribution in [2.24, 2.45) is 18.0 Å². The number of aromatic nitrogens is 1. The van der Waals surface area contributed by atoms with Gasteiger partial charge in [0, 0.05) is 44.5 Å². The summed E-state index contributed by atoms with van der Waals surface area (Å²) in [6.07, 6.45) is 3.19. The molecule has 1 unspecified atom stereocenters. The Labute approximate surface area is 160 Å². The third-order valence-corrected chi connectivity index (χ3v) is 4.66. The van der Waals surface area contributed by atoms with E-state index in [4.69, 9.17) is 0 Å². The summed E-state index contributed by atoms with van der Waals surface area (Å²) in [7, 11) is 5.99. The Morgan fingerprint density at radius 1 is 1.39 bits per heavy atom. The summed E-state index contributed by atoms with van der Waals surface area (Å²) in [6.45, 7) is 4.06. The molecule has 2 aromatic rings. The smallest absolute Gasteiger partial charge is 0.193 e. The third-order valence-electron chi connectivity index (χ3n) is 3.76. The van der Waals surface area contributed by atoms with Gasteiger partial charge in [-0.3, -0.25) is 4.99 Å². The summed E-state index contributed by atoms with van der Waals surface area (Å²) >= 11 is 1.83. The molecule has 2 heterocycles. The van der Waals surface area contributed by atoms with E-state index in [1.807, 2.05) is 18.4 Å². The fourth-order valence-electron chi connectivity index (χ4n) is 2.47. The minimum atomic E-state index is 0. The summed E-state index contributed by atoms with van der Waals surface area (Å²) < 4.78 is 2.14. The van der Waals surface area contributed by atoms with Crippen molar-refractivity contribution in [3.05, 3.63) is 46.4 Å². The van der Waals surface area contributed by atoms with E-state index in [0.717, 1.165) is 25.5 Å². The van der Waals surface area contributed by atoms with E-state index in [9.17, 15) is 0 Å². The van der Waals surface area contributed by atoms with Crippen LogP contribution in [-0.2, 0) is 20.0 Å². The van der Waals surface area contributed by atoms with Crippen molar-refractivity contribution in [2.45, 2.75) is 19.9 Å². The summed E-state index contributed by atoms with van der Waals surface area (Å²) in [5.41, 5.74) is 1.28. The van der Waals surface area contributed by atoms with Gasteiger partial charge >= 0.3 is 0 Å². The number of nitrogens with zero attached hydrogens (tertiary/aromatic N) is 3. The van der Waals surface area contributed by atoms with Crippen LogP contribution in [0.2, 0.25) is 0 Å². The monoisotopic (exact) mass is 446 g/mol. The lowest BCUT2D eigenvalue weighted by Crippen LogP contribution is -2.40. The molecule has 6 heteroatoms. The number of hydrogen-bond donors (Lipinski definition) is 1. The molecule has 0 saturated carbocycles. The van der Waals surface area contributed by atoms with Crippen molar-refractivity contribution in [3.63, 3.8) is 0 Å². The molecule has 0 radical (unpaired) electrons. The Morgan fingerprint density at radius 3 is 2.74 bits per heavy atom. The molecule has 0 aliphatic rings. The van der Waals surface area contributed by atoms with Gasteiger partial charge in [-0.15, -0.1) is 35.3 Å². The van der Waals surface area contributed by atoms with E-state index in [-0.39, 0.29) is 24.0 Å². The Kier molecular flexibility index (Phi) is 8.68. The zero-order valence-corrected chi connectivity index (χ0v) is 17.5. The highest BCUT2D eigenvalue weighted by atomic mass is 127. The van der Waals surface area contributed by atoms with Crippen LogP contribution in [0.15, 0.2) is 40.8 Å². The Hall–Kier alpha value is -1.02. The lowest BCUT2D eigenvalue weighted by molar-refractivity contribution is 0.450. The molecule has 1 N–H and O–H groups in total. The molecule has 0 aromatic carbocycles. The van der Waals surface area contributed by atoms with Gasteiger partial charge < -0.3 is 14.8 Å². The van der Waals surface area contributed by atoms with E-state index in [2.05, 4.69) is 76.6 Å². The van der Waals surface area contributed by atoms with Crippen molar-refractivity contribution in [2.75, 3.05) is 20.6 Å². The molecule has 0 aliphatic heterocycles. The summed E-state index contributed by atoms with van der Waals surface area (Å²) in [4.78, 5) is 8.00. The van der Waals surface area contributed by atoms with Gasteiger partial charge in [0.05, 0.1) is 6.54 Å². The summed E-state index contributed by atoms with van der Waals surface area (Å²) in [5.74, 6) is 1.53. The first-order chi connectivity index (χ1) is 10.6. The van der Waals surface area contributed by atoms with Crippen molar-refractivity contribution in [3.8, 4) is 0 Å². The Morgan fingerprint density at radius 2 is 2.17 bits per heavy atom. The third kappa shape index (κ3) is 6.18. The van der Waals surface area contributed by atoms with Crippen LogP contribution in [0.3, 0.4) is 0 Å². The predicted octanol–water partition coefficient (Wildman–Crippen LogP) is 3.59. The molecule has 2 aromatic heterocycles. The second-order valence-electron chi connectivity index (χ2n) is 5.78. The van der Waals surface area contributed by atoms with Gasteiger partial charge in [0.2, 0.25) is 0 Å². The first-order valence-corrected chi connectivity index (χ1v) is 8.52. The maximum Gasteiger partial charge on any atom is 0.193 e. The number of guanidine groups is 1. The molecule has 0 fully saturated rings. The Balaban J connectivity index is 0.00000264. The molecule has 0 bridgehead atoms. The average Bonchev–Trinajstić information content (AvgIpc) is 3.12. The molecule has 4 nitrogen and oxygen atoms in total. The normalized spacial score (nSPS) is 12.6. The minimum Gasteiger partial charge on any atom is -0.356 e. The highest BCUT2D eigenvalue weighted by molar-refractivity contribution is 14.0. The number of thiophene rings is 1. The Bertz CT molecular complexity index is 592. The van der Waals surface area contributed by atoms with Gasteiger partial charge in [-0.05, 0) is 35.9 Å². The maximum absolute atomic E-state index is 4.39. The van der Waals surface area contributed by atoms with Crippen molar-refractivity contribution >= 4 is 41.3 Å². The highest BCUT2D eigenvalue weighted by Gasteiger charge is 2.10. The van der Waals surface area contributed by atoms with Gasteiger partial charge in [0.1, 0.15) is 0 Å². The average molecular weight is 446 g/mol. The second kappa shape index (κ2) is 9.97. The van der Waals surface area contributed by atoms with Crippen LogP contribution >= 0.6 is 35.3 Å². The SMILES string of the molecule is CN=C(NCC(C)Cc1cccs1)N(C)Cc1cccn1C.I. The van der Waals surface area contributed by atoms with Gasteiger partial charge in [-0.2, -0.15) is 0 Å². The summed E-state index contributed by atoms with van der Waals surface area (Å²) in [5, 5.41) is 5.63. The molecule has 2 rings (SSSR count). The van der Waals surface area contributed by atoms with Gasteiger partial charge in [0.15, 0.2) is 5.96 Å². The van der Waals surface area contributed by atoms with Crippen LogP contribution in [-0.4, -0.2) is 36.1 Å². The number of aryl methyl sites for hydroxylation is 1. The van der Waals surface area contributed by atoms with E-state index in [1.165, 1.54) is 10.6 Å². The number of rotatable bonds is 6. The quantitative estimate of drug-likeness (QED) is 0.418. The highest BCUT2D eigenvalue weighted by Crippen LogP contribution is 2.14. The fourth-order valence-corrected chi connectivity index (χ4v) is 3.34. The van der Waals surface area contributed by atoms with Crippen LogP contribution in [0.5, 0.6) is 0 Å². The first-order valence-electron chi connectivity index (χ1n) is 7.64. The van der Waals surface area contributed by atoms with Gasteiger partial charge in [0.25, 0.3) is 0 Å². The lowest BCUT2D eigenvalue weighted by atomic mass is 10.1. The molecule has 128 valence electrons. The number of hydrogen-bond acceptors (Lipinski definition) is 2. The van der Waals surface area contributed by atoms with E-state index in [1.54, 1.807) is 0 Å². The lowest BCUT2D eigenvalue weighted by Gasteiger charge is -2.23. The van der Waals surface area contributed by atoms with Crippen molar-refractivity contribution in [1.82, 2.24) is 14.8 Å². The molecule has 0 amide bonds. The topological polar surface area (TPSA) is 32.6 Å². The first kappa shape index (κ1) is 20.0. The molecule has 23 heavy (non-hydrogen) atoms. The number of aliphatic imine (C=N–C) groups is 1. The van der Waals surface area contributed by atoms with E-state index >= 15 is 0 Å². The second-order valence-corrected chi connectivity index (χ2v) is 6.82. The standard InChI is InChI=1S/C17H26N4S.HI/c1-14(11-16-8-6-10-22-16)12-19-17(18-2)21(4)13-15-7-5-9-20(15)3;/h5-10,14H,11-13H2,1-4H3,(H,18,19);1H. The van der Waals surface area contributed by atoms with Crippen LogP contribution in [0.25, 0.3) is 0 Å². The molecule has 0 spiro atoms. The molecular formula is C17H27IN4S. The van der Waals surface area contributed by atoms with E-state index in [0.29, 0.717) is 5.92 Å². The predicted molar refractivity (Wildman–Crippen MR) is 111 cm³/mol. The summed E-state index contributed by atoms with van der Waals surface area (Å²) in [6, 6.07) is 8.54. The van der Waals surface area contributed by atoms with Crippen molar-refractivity contribution in [1.29, 1.82) is 0 Å². The van der Waals surface area contributed by atoms with Crippen LogP contribution in [0.1, 0.15) is 17.5 Å². The van der Waals surface area contributed by atoms with Gasteiger partial charge in [-0.1, -0.05) is 13.0 Å². The van der Waals surface area contributed by atoms with Crippen LogP contribution in [0, 0.1) is 5.92 Å².